The smallest absolute Gasteiger partial charge is 0.238 e. The van der Waals surface area contributed by atoms with Crippen LogP contribution in [0.4, 0.5) is 5.69 Å². The quantitative estimate of drug-likeness (QED) is 0.919. The second-order valence-electron chi connectivity index (χ2n) is 5.28. The molecule has 1 amide bonds. The highest BCUT2D eigenvalue weighted by atomic mass is 16.2. The Morgan fingerprint density at radius 2 is 1.90 bits per heavy atom. The highest BCUT2D eigenvalue weighted by molar-refractivity contribution is 5.92. The van der Waals surface area contributed by atoms with Gasteiger partial charge < -0.3 is 5.32 Å². The van der Waals surface area contributed by atoms with Gasteiger partial charge in [-0.25, -0.2) is 0 Å². The summed E-state index contributed by atoms with van der Waals surface area (Å²) in [5.41, 5.74) is 1.26. The van der Waals surface area contributed by atoms with E-state index < -0.39 is 0 Å². The molecule has 0 unspecified atom stereocenters. The first-order chi connectivity index (χ1) is 9.78. The van der Waals surface area contributed by atoms with Crippen LogP contribution >= 0.6 is 0 Å². The van der Waals surface area contributed by atoms with E-state index in [1.165, 1.54) is 32.1 Å². The van der Waals surface area contributed by atoms with Gasteiger partial charge in [0.05, 0.1) is 18.2 Å². The molecule has 0 saturated carbocycles. The number of carbonyl (C=O) groups is 1. The van der Waals surface area contributed by atoms with Crippen LogP contribution in [-0.2, 0) is 4.79 Å². The topological polar surface area (TPSA) is 56.1 Å². The molecule has 1 aromatic carbocycles. The Morgan fingerprint density at radius 1 is 1.20 bits per heavy atom. The van der Waals surface area contributed by atoms with Crippen molar-refractivity contribution in [3.05, 3.63) is 29.8 Å². The standard InChI is InChI=1S/C16H21N3O/c17-12-14-7-6-8-15(11-14)18-16(20)13-19-9-4-2-1-3-5-10-19/h6-8,11H,1-5,9-10,13H2,(H,18,20). The summed E-state index contributed by atoms with van der Waals surface area (Å²) in [6.07, 6.45) is 6.21. The van der Waals surface area contributed by atoms with Crippen LogP contribution in [0.3, 0.4) is 0 Å². The lowest BCUT2D eigenvalue weighted by Gasteiger charge is -2.23. The number of hydrogen-bond acceptors (Lipinski definition) is 3. The number of nitrogens with zero attached hydrogens (tertiary/aromatic N) is 2. The molecule has 1 aliphatic heterocycles. The van der Waals surface area contributed by atoms with E-state index in [-0.39, 0.29) is 5.91 Å². The van der Waals surface area contributed by atoms with E-state index in [0.29, 0.717) is 17.8 Å². The van der Waals surface area contributed by atoms with Gasteiger partial charge in [0, 0.05) is 5.69 Å². The number of likely N-dealkylation sites (tertiary alicyclic amines) is 1. The van der Waals surface area contributed by atoms with E-state index >= 15 is 0 Å². The van der Waals surface area contributed by atoms with Crippen molar-refractivity contribution in [3.8, 4) is 6.07 Å². The zero-order valence-electron chi connectivity index (χ0n) is 11.8. The SMILES string of the molecule is N#Cc1cccc(NC(=O)CN2CCCCCCC2)c1. The Hall–Kier alpha value is -1.86. The molecule has 1 saturated heterocycles. The van der Waals surface area contributed by atoms with Gasteiger partial charge in [-0.05, 0) is 44.1 Å². The number of nitriles is 1. The van der Waals surface area contributed by atoms with Crippen LogP contribution < -0.4 is 5.32 Å². The monoisotopic (exact) mass is 271 g/mol. The maximum Gasteiger partial charge on any atom is 0.238 e. The Kier molecular flexibility index (Phi) is 5.57. The van der Waals surface area contributed by atoms with E-state index in [2.05, 4.69) is 16.3 Å². The number of rotatable bonds is 3. The van der Waals surface area contributed by atoms with Crippen LogP contribution in [0.1, 0.15) is 37.7 Å². The van der Waals surface area contributed by atoms with Crippen molar-refractivity contribution in [2.45, 2.75) is 32.1 Å². The summed E-state index contributed by atoms with van der Waals surface area (Å²) in [5, 5.41) is 11.7. The van der Waals surface area contributed by atoms with E-state index in [4.69, 9.17) is 5.26 Å². The first-order valence-corrected chi connectivity index (χ1v) is 7.30. The van der Waals surface area contributed by atoms with Crippen LogP contribution in [0.15, 0.2) is 24.3 Å². The normalized spacial score (nSPS) is 16.8. The van der Waals surface area contributed by atoms with Crippen molar-refractivity contribution in [1.29, 1.82) is 5.26 Å². The lowest BCUT2D eigenvalue weighted by molar-refractivity contribution is -0.117. The Morgan fingerprint density at radius 3 is 2.60 bits per heavy atom. The van der Waals surface area contributed by atoms with Gasteiger partial charge >= 0.3 is 0 Å². The number of carbonyl (C=O) groups excluding carboxylic acids is 1. The average Bonchev–Trinajstić information content (AvgIpc) is 2.42. The summed E-state index contributed by atoms with van der Waals surface area (Å²) in [7, 11) is 0. The van der Waals surface area contributed by atoms with E-state index in [1.807, 2.05) is 6.07 Å². The van der Waals surface area contributed by atoms with Gasteiger partial charge in [-0.1, -0.05) is 25.3 Å². The fraction of sp³-hybridized carbons (Fsp3) is 0.500. The summed E-state index contributed by atoms with van der Waals surface area (Å²) in [6.45, 7) is 2.45. The zero-order chi connectivity index (χ0) is 14.2. The first kappa shape index (κ1) is 14.5. The van der Waals surface area contributed by atoms with Crippen LogP contribution in [-0.4, -0.2) is 30.4 Å². The van der Waals surface area contributed by atoms with Crippen LogP contribution in [0, 0.1) is 11.3 Å². The molecule has 0 aliphatic carbocycles. The van der Waals surface area contributed by atoms with E-state index in [1.54, 1.807) is 18.2 Å². The number of hydrogen-bond donors (Lipinski definition) is 1. The highest BCUT2D eigenvalue weighted by Crippen LogP contribution is 2.12. The molecule has 0 bridgehead atoms. The van der Waals surface area contributed by atoms with Crippen LogP contribution in [0.25, 0.3) is 0 Å². The minimum Gasteiger partial charge on any atom is -0.325 e. The average molecular weight is 271 g/mol. The van der Waals surface area contributed by atoms with Gasteiger partial charge in [-0.2, -0.15) is 5.26 Å². The summed E-state index contributed by atoms with van der Waals surface area (Å²) in [6, 6.07) is 9.10. The molecular formula is C16H21N3O. The summed E-state index contributed by atoms with van der Waals surface area (Å²) >= 11 is 0. The summed E-state index contributed by atoms with van der Waals surface area (Å²) in [4.78, 5) is 14.3. The molecule has 4 nitrogen and oxygen atoms in total. The largest absolute Gasteiger partial charge is 0.325 e. The maximum atomic E-state index is 12.0. The molecule has 1 aromatic rings. The fourth-order valence-corrected chi connectivity index (χ4v) is 2.54. The van der Waals surface area contributed by atoms with Crippen molar-refractivity contribution < 1.29 is 4.79 Å². The molecule has 4 heteroatoms. The second kappa shape index (κ2) is 7.66. The van der Waals surface area contributed by atoms with E-state index in [0.717, 1.165) is 13.1 Å². The molecule has 0 radical (unpaired) electrons. The molecule has 1 heterocycles. The second-order valence-corrected chi connectivity index (χ2v) is 5.28. The van der Waals surface area contributed by atoms with Gasteiger partial charge in [0.25, 0.3) is 0 Å². The van der Waals surface area contributed by atoms with Crippen molar-refractivity contribution in [1.82, 2.24) is 4.90 Å². The van der Waals surface area contributed by atoms with Crippen molar-refractivity contribution in [2.75, 3.05) is 25.0 Å². The molecule has 1 fully saturated rings. The third kappa shape index (κ3) is 4.67. The molecule has 0 aromatic heterocycles. The summed E-state index contributed by atoms with van der Waals surface area (Å²) < 4.78 is 0. The van der Waals surface area contributed by atoms with E-state index in [9.17, 15) is 4.79 Å². The highest BCUT2D eigenvalue weighted by Gasteiger charge is 2.12. The predicted molar refractivity (Wildman–Crippen MR) is 79.3 cm³/mol. The number of amides is 1. The van der Waals surface area contributed by atoms with Crippen molar-refractivity contribution in [3.63, 3.8) is 0 Å². The molecule has 1 N–H and O–H groups in total. The Bertz CT molecular complexity index is 485. The van der Waals surface area contributed by atoms with Crippen molar-refractivity contribution >= 4 is 11.6 Å². The maximum absolute atomic E-state index is 12.0. The van der Waals surface area contributed by atoms with Crippen LogP contribution in [0.2, 0.25) is 0 Å². The molecular weight excluding hydrogens is 250 g/mol. The molecule has 0 spiro atoms. The molecule has 1 aliphatic rings. The minimum absolute atomic E-state index is 0.000614. The van der Waals surface area contributed by atoms with Gasteiger partial charge in [-0.15, -0.1) is 0 Å². The van der Waals surface area contributed by atoms with Crippen LogP contribution in [0.5, 0.6) is 0 Å². The third-order valence-corrected chi connectivity index (χ3v) is 3.59. The molecule has 2 rings (SSSR count). The molecule has 20 heavy (non-hydrogen) atoms. The number of benzene rings is 1. The molecule has 0 atom stereocenters. The Labute approximate surface area is 120 Å². The minimum atomic E-state index is 0.000614. The Balaban J connectivity index is 1.86. The van der Waals surface area contributed by atoms with Gasteiger partial charge in [0.15, 0.2) is 0 Å². The lowest BCUT2D eigenvalue weighted by Crippen LogP contribution is -2.35. The van der Waals surface area contributed by atoms with Crippen molar-refractivity contribution in [2.24, 2.45) is 0 Å². The van der Waals surface area contributed by atoms with Gasteiger partial charge in [0.2, 0.25) is 5.91 Å². The summed E-state index contributed by atoms with van der Waals surface area (Å²) in [5.74, 6) is 0.000614. The number of anilines is 1. The molecule has 106 valence electrons. The predicted octanol–water partition coefficient (Wildman–Crippen LogP) is 2.76. The number of nitrogens with one attached hydrogen (secondary N) is 1. The fourth-order valence-electron chi connectivity index (χ4n) is 2.54. The third-order valence-electron chi connectivity index (χ3n) is 3.59. The lowest BCUT2D eigenvalue weighted by atomic mass is 10.1. The zero-order valence-corrected chi connectivity index (χ0v) is 11.8. The van der Waals surface area contributed by atoms with Gasteiger partial charge in [0.1, 0.15) is 0 Å². The first-order valence-electron chi connectivity index (χ1n) is 7.30. The van der Waals surface area contributed by atoms with Gasteiger partial charge in [-0.3, -0.25) is 9.69 Å².